The van der Waals surface area contributed by atoms with Gasteiger partial charge in [0.1, 0.15) is 5.75 Å². The lowest BCUT2D eigenvalue weighted by Crippen LogP contribution is -2.21. The molecule has 98 valence electrons. The summed E-state index contributed by atoms with van der Waals surface area (Å²) in [7, 11) is 1.96. The summed E-state index contributed by atoms with van der Waals surface area (Å²) in [5.41, 5.74) is 1.08. The lowest BCUT2D eigenvalue weighted by molar-refractivity contribution is -0.141. The van der Waals surface area contributed by atoms with Crippen LogP contribution >= 0.6 is 0 Å². The van der Waals surface area contributed by atoms with Crippen LogP contribution in [0.4, 0.5) is 0 Å². The summed E-state index contributed by atoms with van der Waals surface area (Å²) in [5, 5.41) is 9.25. The predicted octanol–water partition coefficient (Wildman–Crippen LogP) is 1.82. The molecule has 0 bridgehead atoms. The zero-order chi connectivity index (χ0) is 13.1. The highest BCUT2D eigenvalue weighted by Gasteiger charge is 2.36. The molecule has 1 aromatic carbocycles. The molecule has 1 fully saturated rings. The van der Waals surface area contributed by atoms with E-state index < -0.39 is 5.97 Å². The molecule has 1 aliphatic rings. The second kappa shape index (κ2) is 5.40. The number of ether oxygens (including phenoxy) is 1. The van der Waals surface area contributed by atoms with Crippen LogP contribution in [0.3, 0.4) is 0 Å². The number of benzene rings is 1. The highest BCUT2D eigenvalue weighted by atomic mass is 16.5. The molecule has 0 saturated carbocycles. The van der Waals surface area contributed by atoms with Gasteiger partial charge in [0.2, 0.25) is 0 Å². The largest absolute Gasteiger partial charge is 0.494 e. The maximum absolute atomic E-state index is 11.2. The summed E-state index contributed by atoms with van der Waals surface area (Å²) in [6.45, 7) is 4.00. The third-order valence-corrected chi connectivity index (χ3v) is 3.44. The molecule has 0 spiro atoms. The van der Waals surface area contributed by atoms with Crippen LogP contribution in [0, 0.1) is 5.92 Å². The summed E-state index contributed by atoms with van der Waals surface area (Å²) in [6.07, 6.45) is 0. The van der Waals surface area contributed by atoms with Gasteiger partial charge in [-0.3, -0.25) is 4.79 Å². The Morgan fingerprint density at radius 1 is 1.39 bits per heavy atom. The molecule has 0 unspecified atom stereocenters. The zero-order valence-corrected chi connectivity index (χ0v) is 10.8. The lowest BCUT2D eigenvalue weighted by atomic mass is 9.89. The number of likely N-dealkylation sites (N-methyl/N-ethyl adjacent to an activating group) is 1. The number of hydrogen-bond donors (Lipinski definition) is 1. The van der Waals surface area contributed by atoms with Crippen LogP contribution in [0.25, 0.3) is 0 Å². The molecule has 1 N–H and O–H groups in total. The van der Waals surface area contributed by atoms with Crippen LogP contribution in [-0.2, 0) is 4.79 Å². The number of aliphatic carboxylic acids is 1. The molecule has 0 aromatic heterocycles. The van der Waals surface area contributed by atoms with E-state index in [0.29, 0.717) is 13.2 Å². The van der Waals surface area contributed by atoms with Gasteiger partial charge < -0.3 is 14.7 Å². The van der Waals surface area contributed by atoms with E-state index in [4.69, 9.17) is 4.74 Å². The molecule has 2 rings (SSSR count). The molecule has 1 saturated heterocycles. The smallest absolute Gasteiger partial charge is 0.308 e. The topological polar surface area (TPSA) is 49.8 Å². The first kappa shape index (κ1) is 12.9. The predicted molar refractivity (Wildman–Crippen MR) is 69.0 cm³/mol. The quantitative estimate of drug-likeness (QED) is 0.884. The SMILES string of the molecule is CCOc1ccc([C@@H]2CN(C)C[C@@H]2C(=O)O)cc1. The van der Waals surface area contributed by atoms with Gasteiger partial charge in [0.05, 0.1) is 12.5 Å². The van der Waals surface area contributed by atoms with Crippen molar-refractivity contribution < 1.29 is 14.6 Å². The van der Waals surface area contributed by atoms with Crippen molar-refractivity contribution in [2.75, 3.05) is 26.7 Å². The van der Waals surface area contributed by atoms with Crippen molar-refractivity contribution in [3.63, 3.8) is 0 Å². The Hall–Kier alpha value is -1.55. The first-order valence-electron chi connectivity index (χ1n) is 6.26. The zero-order valence-electron chi connectivity index (χ0n) is 10.8. The maximum Gasteiger partial charge on any atom is 0.308 e. The first-order valence-corrected chi connectivity index (χ1v) is 6.26. The molecule has 0 amide bonds. The molecule has 4 heteroatoms. The van der Waals surface area contributed by atoms with Gasteiger partial charge in [0.25, 0.3) is 0 Å². The second-order valence-electron chi connectivity index (χ2n) is 4.77. The number of carboxylic acid groups (broad SMARTS) is 1. The van der Waals surface area contributed by atoms with Gasteiger partial charge in [-0.2, -0.15) is 0 Å². The van der Waals surface area contributed by atoms with Crippen molar-refractivity contribution in [1.29, 1.82) is 0 Å². The van der Waals surface area contributed by atoms with Crippen LogP contribution in [0.2, 0.25) is 0 Å². The minimum absolute atomic E-state index is 0.0724. The van der Waals surface area contributed by atoms with Crippen molar-refractivity contribution >= 4 is 5.97 Å². The Morgan fingerprint density at radius 2 is 2.06 bits per heavy atom. The summed E-state index contributed by atoms with van der Waals surface area (Å²) >= 11 is 0. The Bertz CT molecular complexity index is 416. The number of carbonyl (C=O) groups is 1. The molecule has 1 aliphatic heterocycles. The molecule has 4 nitrogen and oxygen atoms in total. The fraction of sp³-hybridized carbons (Fsp3) is 0.500. The maximum atomic E-state index is 11.2. The molecule has 18 heavy (non-hydrogen) atoms. The molecule has 1 heterocycles. The normalized spacial score (nSPS) is 24.1. The van der Waals surface area contributed by atoms with Gasteiger partial charge in [0, 0.05) is 19.0 Å². The molecule has 2 atom stereocenters. The Labute approximate surface area is 107 Å². The van der Waals surface area contributed by atoms with E-state index in [1.807, 2.05) is 38.2 Å². The van der Waals surface area contributed by atoms with Crippen LogP contribution in [0.15, 0.2) is 24.3 Å². The van der Waals surface area contributed by atoms with E-state index in [2.05, 4.69) is 4.90 Å². The van der Waals surface area contributed by atoms with Gasteiger partial charge in [0.15, 0.2) is 0 Å². The van der Waals surface area contributed by atoms with Crippen molar-refractivity contribution in [2.24, 2.45) is 5.92 Å². The van der Waals surface area contributed by atoms with E-state index in [1.165, 1.54) is 0 Å². The van der Waals surface area contributed by atoms with Gasteiger partial charge in [-0.1, -0.05) is 12.1 Å². The fourth-order valence-electron chi connectivity index (χ4n) is 2.57. The van der Waals surface area contributed by atoms with E-state index in [-0.39, 0.29) is 11.8 Å². The van der Waals surface area contributed by atoms with Crippen molar-refractivity contribution in [3.05, 3.63) is 29.8 Å². The average Bonchev–Trinajstić information content (AvgIpc) is 2.73. The molecule has 1 aromatic rings. The third kappa shape index (κ3) is 2.64. The Morgan fingerprint density at radius 3 is 2.61 bits per heavy atom. The van der Waals surface area contributed by atoms with Crippen molar-refractivity contribution in [2.45, 2.75) is 12.8 Å². The summed E-state index contributed by atoms with van der Waals surface area (Å²) in [5.74, 6) is -0.117. The standard InChI is InChI=1S/C14H19NO3/c1-3-18-11-6-4-10(5-7-11)12-8-15(2)9-13(12)14(16)17/h4-7,12-13H,3,8-9H2,1-2H3,(H,16,17)/t12-,13-/m0/s1. The minimum atomic E-state index is -0.710. The Kier molecular flexibility index (Phi) is 3.87. The third-order valence-electron chi connectivity index (χ3n) is 3.44. The summed E-state index contributed by atoms with van der Waals surface area (Å²) < 4.78 is 5.39. The number of hydrogen-bond acceptors (Lipinski definition) is 3. The molecule has 0 aliphatic carbocycles. The highest BCUT2D eigenvalue weighted by Crippen LogP contribution is 2.32. The molecular formula is C14H19NO3. The van der Waals surface area contributed by atoms with Crippen LogP contribution in [0.1, 0.15) is 18.4 Å². The highest BCUT2D eigenvalue weighted by molar-refractivity contribution is 5.72. The van der Waals surface area contributed by atoms with E-state index in [0.717, 1.165) is 17.9 Å². The number of nitrogens with zero attached hydrogens (tertiary/aromatic N) is 1. The number of carboxylic acids is 1. The number of likely N-dealkylation sites (tertiary alicyclic amines) is 1. The van der Waals surface area contributed by atoms with E-state index in [9.17, 15) is 9.90 Å². The van der Waals surface area contributed by atoms with Gasteiger partial charge in [-0.05, 0) is 31.7 Å². The Balaban J connectivity index is 2.16. The lowest BCUT2D eigenvalue weighted by Gasteiger charge is -2.15. The van der Waals surface area contributed by atoms with E-state index >= 15 is 0 Å². The number of rotatable bonds is 4. The minimum Gasteiger partial charge on any atom is -0.494 e. The van der Waals surface area contributed by atoms with Gasteiger partial charge in [-0.15, -0.1) is 0 Å². The van der Waals surface area contributed by atoms with Crippen LogP contribution in [-0.4, -0.2) is 42.7 Å². The summed E-state index contributed by atoms with van der Waals surface area (Å²) in [6, 6.07) is 7.78. The van der Waals surface area contributed by atoms with Crippen LogP contribution < -0.4 is 4.74 Å². The van der Waals surface area contributed by atoms with Gasteiger partial charge >= 0.3 is 5.97 Å². The fourth-order valence-corrected chi connectivity index (χ4v) is 2.57. The van der Waals surface area contributed by atoms with Crippen LogP contribution in [0.5, 0.6) is 5.75 Å². The second-order valence-corrected chi connectivity index (χ2v) is 4.77. The first-order chi connectivity index (χ1) is 8.61. The average molecular weight is 249 g/mol. The van der Waals surface area contributed by atoms with E-state index in [1.54, 1.807) is 0 Å². The monoisotopic (exact) mass is 249 g/mol. The van der Waals surface area contributed by atoms with Crippen molar-refractivity contribution in [1.82, 2.24) is 4.90 Å². The molecular weight excluding hydrogens is 230 g/mol. The van der Waals surface area contributed by atoms with Crippen molar-refractivity contribution in [3.8, 4) is 5.75 Å². The van der Waals surface area contributed by atoms with Gasteiger partial charge in [-0.25, -0.2) is 0 Å². The summed E-state index contributed by atoms with van der Waals surface area (Å²) in [4.78, 5) is 13.3. The molecule has 0 radical (unpaired) electrons.